The van der Waals surface area contributed by atoms with Crippen molar-refractivity contribution in [3.05, 3.63) is 58.1 Å². The standard InChI is InChI=1S/C18H20BrNO4S/c1-3-13-6-5-7-14(10-13)11-18(21)20-25(22,23)15-8-9-17(24-4-2)16(19)12-15/h5-10,12H,3-4,11H2,1-2H3,(H,20,21). The van der Waals surface area contributed by atoms with E-state index in [0.29, 0.717) is 16.8 Å². The van der Waals surface area contributed by atoms with Crippen LogP contribution in [0.2, 0.25) is 0 Å². The predicted octanol–water partition coefficient (Wildman–Crippen LogP) is 3.46. The van der Waals surface area contributed by atoms with E-state index in [0.717, 1.165) is 17.5 Å². The molecule has 2 aromatic rings. The van der Waals surface area contributed by atoms with Crippen molar-refractivity contribution in [2.45, 2.75) is 31.6 Å². The lowest BCUT2D eigenvalue weighted by molar-refractivity contribution is -0.118. The zero-order valence-electron chi connectivity index (χ0n) is 14.1. The summed E-state index contributed by atoms with van der Waals surface area (Å²) in [5.74, 6) is -0.0255. The number of sulfonamides is 1. The molecule has 0 unspecified atom stereocenters. The first-order chi connectivity index (χ1) is 11.9. The first kappa shape index (κ1) is 19.5. The Kier molecular flexibility index (Phi) is 6.61. The van der Waals surface area contributed by atoms with Gasteiger partial charge < -0.3 is 4.74 Å². The third kappa shape index (κ3) is 5.31. The van der Waals surface area contributed by atoms with Crippen LogP contribution in [0.4, 0.5) is 0 Å². The quantitative estimate of drug-likeness (QED) is 0.736. The molecule has 2 rings (SSSR count). The van der Waals surface area contributed by atoms with Gasteiger partial charge in [0.15, 0.2) is 0 Å². The van der Waals surface area contributed by atoms with Gasteiger partial charge in [0.2, 0.25) is 5.91 Å². The molecule has 25 heavy (non-hydrogen) atoms. The number of hydrogen-bond donors (Lipinski definition) is 1. The van der Waals surface area contributed by atoms with Crippen molar-refractivity contribution in [1.82, 2.24) is 4.72 Å². The number of nitrogens with one attached hydrogen (secondary N) is 1. The molecule has 0 heterocycles. The van der Waals surface area contributed by atoms with E-state index in [-0.39, 0.29) is 11.3 Å². The molecule has 0 aromatic heterocycles. The van der Waals surface area contributed by atoms with Gasteiger partial charge in [-0.3, -0.25) is 4.79 Å². The molecule has 7 heteroatoms. The summed E-state index contributed by atoms with van der Waals surface area (Å²) in [4.78, 5) is 12.1. The molecule has 134 valence electrons. The molecule has 1 N–H and O–H groups in total. The molecular formula is C18H20BrNO4S. The molecule has 0 aliphatic carbocycles. The van der Waals surface area contributed by atoms with Crippen LogP contribution in [0.1, 0.15) is 25.0 Å². The van der Waals surface area contributed by atoms with E-state index in [4.69, 9.17) is 4.74 Å². The Morgan fingerprint density at radius 2 is 1.84 bits per heavy atom. The van der Waals surface area contributed by atoms with Crippen LogP contribution >= 0.6 is 15.9 Å². The molecule has 5 nitrogen and oxygen atoms in total. The molecule has 0 atom stereocenters. The second-order valence-electron chi connectivity index (χ2n) is 5.40. The highest BCUT2D eigenvalue weighted by molar-refractivity contribution is 9.10. The summed E-state index contributed by atoms with van der Waals surface area (Å²) in [6, 6.07) is 11.9. The second-order valence-corrected chi connectivity index (χ2v) is 7.94. The van der Waals surface area contributed by atoms with E-state index < -0.39 is 15.9 Å². The van der Waals surface area contributed by atoms with Crippen LogP contribution in [0.5, 0.6) is 5.75 Å². The largest absolute Gasteiger partial charge is 0.493 e. The van der Waals surface area contributed by atoms with Crippen LogP contribution in [0.15, 0.2) is 51.8 Å². The number of benzene rings is 2. The third-order valence-electron chi connectivity index (χ3n) is 3.53. The van der Waals surface area contributed by atoms with Crippen molar-refractivity contribution < 1.29 is 17.9 Å². The van der Waals surface area contributed by atoms with Gasteiger partial charge in [0.05, 0.1) is 22.4 Å². The smallest absolute Gasteiger partial charge is 0.264 e. The van der Waals surface area contributed by atoms with Gasteiger partial charge >= 0.3 is 0 Å². The zero-order chi connectivity index (χ0) is 18.4. The Balaban J connectivity index is 2.12. The maximum absolute atomic E-state index is 12.4. The number of carbonyl (C=O) groups is 1. The van der Waals surface area contributed by atoms with Crippen LogP contribution in [0.3, 0.4) is 0 Å². The Hall–Kier alpha value is -1.86. The normalized spacial score (nSPS) is 11.2. The fourth-order valence-electron chi connectivity index (χ4n) is 2.31. The van der Waals surface area contributed by atoms with Crippen molar-refractivity contribution in [3.8, 4) is 5.75 Å². The van der Waals surface area contributed by atoms with Gasteiger partial charge in [0.1, 0.15) is 5.75 Å². The van der Waals surface area contributed by atoms with Crippen LogP contribution in [0, 0.1) is 0 Å². The summed E-state index contributed by atoms with van der Waals surface area (Å²) in [6.07, 6.45) is 0.860. The maximum atomic E-state index is 12.4. The summed E-state index contributed by atoms with van der Waals surface area (Å²) >= 11 is 3.27. The highest BCUT2D eigenvalue weighted by Gasteiger charge is 2.19. The lowest BCUT2D eigenvalue weighted by atomic mass is 10.1. The van der Waals surface area contributed by atoms with E-state index in [1.165, 1.54) is 12.1 Å². The number of ether oxygens (including phenoxy) is 1. The van der Waals surface area contributed by atoms with Gasteiger partial charge in [-0.15, -0.1) is 0 Å². The van der Waals surface area contributed by atoms with Gasteiger partial charge in [-0.1, -0.05) is 31.2 Å². The van der Waals surface area contributed by atoms with Crippen LogP contribution in [-0.2, 0) is 27.7 Å². The lowest BCUT2D eigenvalue weighted by Gasteiger charge is -2.10. The first-order valence-electron chi connectivity index (χ1n) is 7.91. The Labute approximate surface area is 156 Å². The van der Waals surface area contributed by atoms with Crippen molar-refractivity contribution in [2.24, 2.45) is 0 Å². The molecule has 0 aliphatic rings. The molecule has 0 saturated heterocycles. The number of aryl methyl sites for hydroxylation is 1. The summed E-state index contributed by atoms with van der Waals surface area (Å²) < 4.78 is 32.7. The van der Waals surface area contributed by atoms with Crippen LogP contribution in [0.25, 0.3) is 0 Å². The number of rotatable bonds is 7. The molecule has 0 radical (unpaired) electrons. The zero-order valence-corrected chi connectivity index (χ0v) is 16.5. The van der Waals surface area contributed by atoms with Crippen molar-refractivity contribution in [3.63, 3.8) is 0 Å². The fourth-order valence-corrected chi connectivity index (χ4v) is 3.97. The lowest BCUT2D eigenvalue weighted by Crippen LogP contribution is -2.31. The molecule has 1 amide bonds. The van der Waals surface area contributed by atoms with Crippen molar-refractivity contribution in [2.75, 3.05) is 6.61 Å². The number of halogens is 1. The Bertz CT molecular complexity index is 865. The molecule has 0 aliphatic heterocycles. The van der Waals surface area contributed by atoms with E-state index in [1.807, 2.05) is 32.0 Å². The highest BCUT2D eigenvalue weighted by Crippen LogP contribution is 2.27. The average Bonchev–Trinajstić information content (AvgIpc) is 2.56. The minimum atomic E-state index is -3.93. The third-order valence-corrected chi connectivity index (χ3v) is 5.52. The monoisotopic (exact) mass is 425 g/mol. The maximum Gasteiger partial charge on any atom is 0.264 e. The number of carbonyl (C=O) groups excluding carboxylic acids is 1. The second kappa shape index (κ2) is 8.49. The van der Waals surface area contributed by atoms with Gasteiger partial charge in [0, 0.05) is 0 Å². The van der Waals surface area contributed by atoms with Crippen LogP contribution in [-0.4, -0.2) is 20.9 Å². The SMILES string of the molecule is CCOc1ccc(S(=O)(=O)NC(=O)Cc2cccc(CC)c2)cc1Br. The summed E-state index contributed by atoms with van der Waals surface area (Å²) in [6.45, 7) is 4.33. The molecular weight excluding hydrogens is 406 g/mol. The summed E-state index contributed by atoms with van der Waals surface area (Å²) in [5, 5.41) is 0. The molecule has 0 fully saturated rings. The topological polar surface area (TPSA) is 72.5 Å². The van der Waals surface area contributed by atoms with E-state index in [9.17, 15) is 13.2 Å². The average molecular weight is 426 g/mol. The number of amides is 1. The molecule has 0 saturated carbocycles. The Morgan fingerprint density at radius 1 is 1.12 bits per heavy atom. The predicted molar refractivity (Wildman–Crippen MR) is 100 cm³/mol. The highest BCUT2D eigenvalue weighted by atomic mass is 79.9. The van der Waals surface area contributed by atoms with Crippen molar-refractivity contribution >= 4 is 31.9 Å². The molecule has 2 aromatic carbocycles. The Morgan fingerprint density at radius 3 is 2.48 bits per heavy atom. The number of hydrogen-bond acceptors (Lipinski definition) is 4. The first-order valence-corrected chi connectivity index (χ1v) is 10.2. The van der Waals surface area contributed by atoms with E-state index in [2.05, 4.69) is 20.7 Å². The summed E-state index contributed by atoms with van der Waals surface area (Å²) in [5.41, 5.74) is 1.88. The van der Waals surface area contributed by atoms with Gasteiger partial charge in [0.25, 0.3) is 10.0 Å². The van der Waals surface area contributed by atoms with E-state index >= 15 is 0 Å². The minimum absolute atomic E-state index is 0.00140. The fraction of sp³-hybridized carbons (Fsp3) is 0.278. The van der Waals surface area contributed by atoms with Gasteiger partial charge in [-0.25, -0.2) is 13.1 Å². The van der Waals surface area contributed by atoms with Gasteiger partial charge in [-0.05, 0) is 58.6 Å². The van der Waals surface area contributed by atoms with Crippen molar-refractivity contribution in [1.29, 1.82) is 0 Å². The van der Waals surface area contributed by atoms with Crippen LogP contribution < -0.4 is 9.46 Å². The molecule has 0 bridgehead atoms. The van der Waals surface area contributed by atoms with E-state index in [1.54, 1.807) is 12.1 Å². The summed E-state index contributed by atoms with van der Waals surface area (Å²) in [7, 11) is -3.93. The molecule has 0 spiro atoms. The minimum Gasteiger partial charge on any atom is -0.493 e. The van der Waals surface area contributed by atoms with Gasteiger partial charge in [-0.2, -0.15) is 0 Å².